The molecule has 1 saturated heterocycles. The zero-order valence-electron chi connectivity index (χ0n) is 22.1. The number of amides is 2. The Balaban J connectivity index is 1.37. The molecule has 1 atom stereocenters. The van der Waals surface area contributed by atoms with Gasteiger partial charge in [0.2, 0.25) is 10.0 Å². The lowest BCUT2D eigenvalue weighted by atomic mass is 9.93. The van der Waals surface area contributed by atoms with Gasteiger partial charge in [-0.1, -0.05) is 18.2 Å². The van der Waals surface area contributed by atoms with Crippen molar-refractivity contribution in [1.29, 1.82) is 0 Å². The van der Waals surface area contributed by atoms with E-state index in [-0.39, 0.29) is 23.4 Å². The number of pyridine rings is 2. The van der Waals surface area contributed by atoms with Gasteiger partial charge >= 0.3 is 12.0 Å². The van der Waals surface area contributed by atoms with E-state index in [1.807, 2.05) is 18.2 Å². The standard InChI is InChI=1S/C27H32BrN5O5S/c1-27(2,3)38-25(34)23(32-39(36,37)21-7-5-4-6-8-21)17-30-26(35)33-13-11-18(12-14-33)22-10-9-19-15-20(28)16-29-24(19)31-22/h4-10,15-16,18,23,32H,11-14,17H2,1-3H3,(H,30,35). The van der Waals surface area contributed by atoms with Crippen molar-refractivity contribution in [3.63, 3.8) is 0 Å². The summed E-state index contributed by atoms with van der Waals surface area (Å²) < 4.78 is 34.4. The van der Waals surface area contributed by atoms with Crippen LogP contribution in [0.25, 0.3) is 11.0 Å². The second-order valence-corrected chi connectivity index (χ2v) is 13.0. The van der Waals surface area contributed by atoms with E-state index in [2.05, 4.69) is 31.0 Å². The topological polar surface area (TPSA) is 131 Å². The first-order valence-electron chi connectivity index (χ1n) is 12.7. The van der Waals surface area contributed by atoms with Crippen LogP contribution in [0.1, 0.15) is 45.2 Å². The Bertz CT molecular complexity index is 1440. The van der Waals surface area contributed by atoms with Crippen molar-refractivity contribution in [3.05, 3.63) is 64.9 Å². The quantitative estimate of drug-likeness (QED) is 0.384. The van der Waals surface area contributed by atoms with Gasteiger partial charge in [-0.15, -0.1) is 0 Å². The van der Waals surface area contributed by atoms with Crippen LogP contribution in [-0.4, -0.2) is 66.6 Å². The number of piperidine rings is 1. The highest BCUT2D eigenvalue weighted by Gasteiger charge is 2.31. The Hall–Kier alpha value is -3.09. The molecule has 1 fully saturated rings. The number of rotatable bonds is 7. The first-order chi connectivity index (χ1) is 18.4. The van der Waals surface area contributed by atoms with E-state index in [1.54, 1.807) is 50.1 Å². The number of esters is 1. The molecule has 3 aromatic rings. The van der Waals surface area contributed by atoms with Gasteiger partial charge in [0.05, 0.1) is 4.90 Å². The fourth-order valence-corrected chi connectivity index (χ4v) is 5.86. The fourth-order valence-electron chi connectivity index (χ4n) is 4.31. The van der Waals surface area contributed by atoms with Crippen molar-refractivity contribution in [3.8, 4) is 0 Å². The van der Waals surface area contributed by atoms with Gasteiger partial charge in [-0.2, -0.15) is 4.72 Å². The minimum Gasteiger partial charge on any atom is -0.459 e. The number of sulfonamides is 1. The Morgan fingerprint density at radius 1 is 1.13 bits per heavy atom. The number of nitrogens with zero attached hydrogens (tertiary/aromatic N) is 3. The molecular weight excluding hydrogens is 586 g/mol. The highest BCUT2D eigenvalue weighted by molar-refractivity contribution is 9.10. The summed E-state index contributed by atoms with van der Waals surface area (Å²) >= 11 is 3.42. The maximum Gasteiger partial charge on any atom is 0.326 e. The van der Waals surface area contributed by atoms with E-state index in [0.29, 0.717) is 18.7 Å². The van der Waals surface area contributed by atoms with Gasteiger partial charge < -0.3 is 15.0 Å². The predicted molar refractivity (Wildman–Crippen MR) is 151 cm³/mol. The highest BCUT2D eigenvalue weighted by atomic mass is 79.9. The molecule has 3 heterocycles. The van der Waals surface area contributed by atoms with Crippen molar-refractivity contribution in [2.45, 2.75) is 56.1 Å². The predicted octanol–water partition coefficient (Wildman–Crippen LogP) is 3.97. The number of hydrogen-bond acceptors (Lipinski definition) is 7. The summed E-state index contributed by atoms with van der Waals surface area (Å²) in [5, 5.41) is 3.66. The van der Waals surface area contributed by atoms with Crippen LogP contribution in [0.5, 0.6) is 0 Å². The third kappa shape index (κ3) is 7.74. The van der Waals surface area contributed by atoms with Crippen LogP contribution in [0.3, 0.4) is 0 Å². The minimum atomic E-state index is -4.02. The number of carbonyl (C=O) groups is 2. The molecule has 39 heavy (non-hydrogen) atoms. The first kappa shape index (κ1) is 28.9. The molecule has 2 aromatic heterocycles. The molecule has 208 valence electrons. The summed E-state index contributed by atoms with van der Waals surface area (Å²) in [6, 6.07) is 12.0. The minimum absolute atomic E-state index is 0.0112. The van der Waals surface area contributed by atoms with E-state index in [1.165, 1.54) is 12.1 Å². The maximum atomic E-state index is 13.0. The molecule has 10 nitrogen and oxygen atoms in total. The van der Waals surface area contributed by atoms with Crippen molar-refractivity contribution < 1.29 is 22.7 Å². The van der Waals surface area contributed by atoms with Crippen molar-refractivity contribution in [2.75, 3.05) is 19.6 Å². The van der Waals surface area contributed by atoms with Gasteiger partial charge in [-0.3, -0.25) is 4.79 Å². The summed E-state index contributed by atoms with van der Waals surface area (Å²) in [5.74, 6) is -0.583. The zero-order chi connectivity index (χ0) is 28.2. The number of ether oxygens (including phenoxy) is 1. The number of carbonyl (C=O) groups excluding carboxylic acids is 2. The SMILES string of the molecule is CC(C)(C)OC(=O)C(CNC(=O)N1CCC(c2ccc3cc(Br)cnc3n2)CC1)NS(=O)(=O)c1ccccc1. The lowest BCUT2D eigenvalue weighted by molar-refractivity contribution is -0.156. The van der Waals surface area contributed by atoms with Gasteiger partial charge in [-0.05, 0) is 79.9 Å². The third-order valence-corrected chi connectivity index (χ3v) is 8.15. The molecule has 2 amide bonds. The number of hydrogen-bond donors (Lipinski definition) is 2. The van der Waals surface area contributed by atoms with Crippen LogP contribution >= 0.6 is 15.9 Å². The molecular formula is C27H32BrN5O5S. The molecule has 12 heteroatoms. The summed E-state index contributed by atoms with van der Waals surface area (Å²) in [4.78, 5) is 36.6. The van der Waals surface area contributed by atoms with Crippen LogP contribution in [0.4, 0.5) is 4.79 Å². The number of benzene rings is 1. The van der Waals surface area contributed by atoms with E-state index in [4.69, 9.17) is 9.72 Å². The fraction of sp³-hybridized carbons (Fsp3) is 0.407. The largest absolute Gasteiger partial charge is 0.459 e. The Labute approximate surface area is 236 Å². The lowest BCUT2D eigenvalue weighted by Gasteiger charge is -2.32. The van der Waals surface area contributed by atoms with Crippen LogP contribution in [0.15, 0.2) is 64.1 Å². The van der Waals surface area contributed by atoms with E-state index < -0.39 is 27.6 Å². The van der Waals surface area contributed by atoms with E-state index >= 15 is 0 Å². The Morgan fingerprint density at radius 2 is 1.82 bits per heavy atom. The summed E-state index contributed by atoms with van der Waals surface area (Å²) in [7, 11) is -4.02. The smallest absolute Gasteiger partial charge is 0.326 e. The van der Waals surface area contributed by atoms with E-state index in [0.717, 1.165) is 28.4 Å². The second kappa shape index (κ2) is 12.0. The molecule has 2 N–H and O–H groups in total. The third-order valence-electron chi connectivity index (χ3n) is 6.23. The molecule has 0 bridgehead atoms. The van der Waals surface area contributed by atoms with Crippen LogP contribution in [0, 0.1) is 0 Å². The lowest BCUT2D eigenvalue weighted by Crippen LogP contribution is -2.53. The number of aromatic nitrogens is 2. The van der Waals surface area contributed by atoms with Crippen LogP contribution < -0.4 is 10.0 Å². The molecule has 0 radical (unpaired) electrons. The van der Waals surface area contributed by atoms with Gasteiger partial charge in [0.1, 0.15) is 11.6 Å². The Morgan fingerprint density at radius 3 is 2.49 bits per heavy atom. The normalized spacial score (nSPS) is 15.6. The number of likely N-dealkylation sites (tertiary alicyclic amines) is 1. The molecule has 0 saturated carbocycles. The maximum absolute atomic E-state index is 13.0. The molecule has 0 aliphatic carbocycles. The highest BCUT2D eigenvalue weighted by Crippen LogP contribution is 2.28. The monoisotopic (exact) mass is 617 g/mol. The number of urea groups is 1. The zero-order valence-corrected chi connectivity index (χ0v) is 24.5. The molecule has 0 spiro atoms. The summed E-state index contributed by atoms with van der Waals surface area (Å²) in [5.41, 5.74) is 0.794. The number of nitrogens with one attached hydrogen (secondary N) is 2. The summed E-state index contributed by atoms with van der Waals surface area (Å²) in [6.45, 7) is 5.81. The number of fused-ring (bicyclic) bond motifs is 1. The first-order valence-corrected chi connectivity index (χ1v) is 14.9. The average Bonchev–Trinajstić information content (AvgIpc) is 2.90. The molecule has 1 aromatic carbocycles. The van der Waals surface area contributed by atoms with Crippen LogP contribution in [-0.2, 0) is 19.6 Å². The van der Waals surface area contributed by atoms with Gasteiger partial charge in [0.15, 0.2) is 5.65 Å². The van der Waals surface area contributed by atoms with Crippen molar-refractivity contribution in [1.82, 2.24) is 24.9 Å². The van der Waals surface area contributed by atoms with Crippen LogP contribution in [0.2, 0.25) is 0 Å². The molecule has 1 unspecified atom stereocenters. The Kier molecular flexibility index (Phi) is 8.87. The van der Waals surface area contributed by atoms with Gasteiger partial charge in [0, 0.05) is 47.3 Å². The molecule has 4 rings (SSSR count). The molecule has 1 aliphatic heterocycles. The average molecular weight is 619 g/mol. The van der Waals surface area contributed by atoms with E-state index in [9.17, 15) is 18.0 Å². The van der Waals surface area contributed by atoms with Crippen molar-refractivity contribution >= 4 is 49.0 Å². The van der Waals surface area contributed by atoms with Crippen molar-refractivity contribution in [2.24, 2.45) is 0 Å². The second-order valence-electron chi connectivity index (χ2n) is 10.4. The van der Waals surface area contributed by atoms with Gasteiger partial charge in [-0.25, -0.2) is 23.2 Å². The summed E-state index contributed by atoms with van der Waals surface area (Å²) in [6.07, 6.45) is 3.16. The number of halogens is 1. The molecule has 1 aliphatic rings. The van der Waals surface area contributed by atoms with Gasteiger partial charge in [0.25, 0.3) is 0 Å².